The first kappa shape index (κ1) is 22.6. The lowest BCUT2D eigenvalue weighted by atomic mass is 10.0. The predicted molar refractivity (Wildman–Crippen MR) is 131 cm³/mol. The molecular weight excluding hydrogens is 418 g/mol. The fourth-order valence-corrected chi connectivity index (χ4v) is 4.92. The standard InChI is InChI=1S/C26H31N3O2S/c1-18(2)22-13-7-8-14-23(22)28-25(30)19(3)32-26-27-16-24(20-10-5-4-6-11-20)29(26)17-21-12-9-15-31-21/h4-8,10-11,13-14,16,18-19,21H,9,12,15,17H2,1-3H3,(H,28,30). The Kier molecular flexibility index (Phi) is 7.33. The van der Waals surface area contributed by atoms with Crippen molar-refractivity contribution in [2.24, 2.45) is 0 Å². The lowest BCUT2D eigenvalue weighted by Crippen LogP contribution is -2.24. The molecule has 1 fully saturated rings. The summed E-state index contributed by atoms with van der Waals surface area (Å²) in [7, 11) is 0. The quantitative estimate of drug-likeness (QED) is 0.430. The summed E-state index contributed by atoms with van der Waals surface area (Å²) in [5.74, 6) is 0.323. The second kappa shape index (κ2) is 10.4. The molecule has 0 aliphatic carbocycles. The minimum Gasteiger partial charge on any atom is -0.376 e. The van der Waals surface area contributed by atoms with Gasteiger partial charge in [0.1, 0.15) is 0 Å². The third-order valence-corrected chi connectivity index (χ3v) is 6.90. The van der Waals surface area contributed by atoms with Crippen LogP contribution < -0.4 is 5.32 Å². The molecule has 2 heterocycles. The molecule has 1 amide bonds. The van der Waals surface area contributed by atoms with Gasteiger partial charge in [-0.25, -0.2) is 4.98 Å². The van der Waals surface area contributed by atoms with Gasteiger partial charge in [-0.1, -0.05) is 74.1 Å². The van der Waals surface area contributed by atoms with E-state index in [1.807, 2.05) is 49.5 Å². The molecule has 6 heteroatoms. The number of hydrogen-bond donors (Lipinski definition) is 1. The predicted octanol–water partition coefficient (Wildman–Crippen LogP) is 5.97. The van der Waals surface area contributed by atoms with E-state index in [1.54, 1.807) is 0 Å². The number of carbonyl (C=O) groups is 1. The largest absolute Gasteiger partial charge is 0.376 e. The minimum absolute atomic E-state index is 0.0176. The average Bonchev–Trinajstić information content (AvgIpc) is 3.45. The van der Waals surface area contributed by atoms with Crippen LogP contribution in [0.5, 0.6) is 0 Å². The lowest BCUT2D eigenvalue weighted by molar-refractivity contribution is -0.115. The van der Waals surface area contributed by atoms with Gasteiger partial charge in [0.15, 0.2) is 5.16 Å². The van der Waals surface area contributed by atoms with Crippen LogP contribution in [0.4, 0.5) is 5.69 Å². The van der Waals surface area contributed by atoms with Gasteiger partial charge in [-0.2, -0.15) is 0 Å². The Morgan fingerprint density at radius 1 is 1.16 bits per heavy atom. The average molecular weight is 450 g/mol. The first-order valence-electron chi connectivity index (χ1n) is 11.3. The van der Waals surface area contributed by atoms with Crippen LogP contribution in [0.3, 0.4) is 0 Å². The van der Waals surface area contributed by atoms with E-state index in [0.29, 0.717) is 5.92 Å². The molecule has 0 bridgehead atoms. The maximum absolute atomic E-state index is 13.0. The summed E-state index contributed by atoms with van der Waals surface area (Å²) in [6.45, 7) is 7.77. The molecular formula is C26H31N3O2S. The Morgan fingerprint density at radius 2 is 1.91 bits per heavy atom. The SMILES string of the molecule is CC(Sc1ncc(-c2ccccc2)n1CC1CCCO1)C(=O)Nc1ccccc1C(C)C. The number of amides is 1. The lowest BCUT2D eigenvalue weighted by Gasteiger charge is -2.19. The molecule has 0 saturated carbocycles. The van der Waals surface area contributed by atoms with Gasteiger partial charge in [-0.05, 0) is 42.9 Å². The first-order valence-corrected chi connectivity index (χ1v) is 12.2. The van der Waals surface area contributed by atoms with E-state index in [4.69, 9.17) is 9.72 Å². The van der Waals surface area contributed by atoms with Gasteiger partial charge in [-0.15, -0.1) is 0 Å². The maximum Gasteiger partial charge on any atom is 0.237 e. The van der Waals surface area contributed by atoms with E-state index >= 15 is 0 Å². The summed E-state index contributed by atoms with van der Waals surface area (Å²) < 4.78 is 8.11. The molecule has 1 saturated heterocycles. The molecule has 2 aromatic carbocycles. The number of nitrogens with one attached hydrogen (secondary N) is 1. The Bertz CT molecular complexity index is 1040. The zero-order chi connectivity index (χ0) is 22.5. The van der Waals surface area contributed by atoms with Gasteiger partial charge in [0, 0.05) is 12.3 Å². The molecule has 1 aromatic heterocycles. The summed E-state index contributed by atoms with van der Waals surface area (Å²) >= 11 is 1.49. The van der Waals surface area contributed by atoms with Gasteiger partial charge in [0.05, 0.1) is 29.8 Å². The number of rotatable bonds is 8. The number of thioether (sulfide) groups is 1. The number of nitrogens with zero attached hydrogens (tertiary/aromatic N) is 2. The topological polar surface area (TPSA) is 56.2 Å². The van der Waals surface area contributed by atoms with Crippen molar-refractivity contribution in [3.63, 3.8) is 0 Å². The van der Waals surface area contributed by atoms with Crippen molar-refractivity contribution in [3.05, 3.63) is 66.4 Å². The van der Waals surface area contributed by atoms with E-state index in [0.717, 1.165) is 53.7 Å². The summed E-state index contributed by atoms with van der Waals surface area (Å²) in [6.07, 6.45) is 4.24. The maximum atomic E-state index is 13.0. The fraction of sp³-hybridized carbons (Fsp3) is 0.385. The third-order valence-electron chi connectivity index (χ3n) is 5.79. The number of imidazole rings is 1. The third kappa shape index (κ3) is 5.25. The van der Waals surface area contributed by atoms with Gasteiger partial charge >= 0.3 is 0 Å². The van der Waals surface area contributed by atoms with Crippen molar-refractivity contribution in [2.75, 3.05) is 11.9 Å². The first-order chi connectivity index (χ1) is 15.5. The number of hydrogen-bond acceptors (Lipinski definition) is 4. The van der Waals surface area contributed by atoms with Crippen LogP contribution in [0.1, 0.15) is 45.1 Å². The van der Waals surface area contributed by atoms with Gasteiger partial charge in [-0.3, -0.25) is 4.79 Å². The highest BCUT2D eigenvalue weighted by Gasteiger charge is 2.24. The molecule has 4 rings (SSSR count). The monoisotopic (exact) mass is 449 g/mol. The van der Waals surface area contributed by atoms with Crippen LogP contribution in [0.25, 0.3) is 11.3 Å². The number of anilines is 1. The summed E-state index contributed by atoms with van der Waals surface area (Å²) in [5, 5.41) is 3.68. The highest BCUT2D eigenvalue weighted by atomic mass is 32.2. The summed E-state index contributed by atoms with van der Waals surface area (Å²) in [5.41, 5.74) is 4.20. The van der Waals surface area contributed by atoms with E-state index in [1.165, 1.54) is 11.8 Å². The molecule has 32 heavy (non-hydrogen) atoms. The van der Waals surface area contributed by atoms with Crippen LogP contribution in [0, 0.1) is 0 Å². The molecule has 2 unspecified atom stereocenters. The van der Waals surface area contributed by atoms with Crippen molar-refractivity contribution < 1.29 is 9.53 Å². The fourth-order valence-electron chi connectivity index (χ4n) is 4.02. The number of ether oxygens (including phenoxy) is 1. The number of carbonyl (C=O) groups excluding carboxylic acids is 1. The molecule has 1 aliphatic heterocycles. The van der Waals surface area contributed by atoms with Crippen molar-refractivity contribution in [2.45, 2.75) is 62.6 Å². The summed E-state index contributed by atoms with van der Waals surface area (Å²) in [4.78, 5) is 17.7. The Balaban J connectivity index is 1.54. The Labute approximate surface area is 194 Å². The highest BCUT2D eigenvalue weighted by Crippen LogP contribution is 2.31. The second-order valence-electron chi connectivity index (χ2n) is 8.53. The molecule has 5 nitrogen and oxygen atoms in total. The molecule has 2 atom stereocenters. The van der Waals surface area contributed by atoms with Gasteiger partial charge in [0.2, 0.25) is 5.91 Å². The molecule has 1 aliphatic rings. The molecule has 0 radical (unpaired) electrons. The van der Waals surface area contributed by atoms with E-state index < -0.39 is 0 Å². The zero-order valence-corrected chi connectivity index (χ0v) is 19.8. The second-order valence-corrected chi connectivity index (χ2v) is 9.84. The van der Waals surface area contributed by atoms with Crippen LogP contribution in [-0.4, -0.2) is 33.4 Å². The zero-order valence-electron chi connectivity index (χ0n) is 19.0. The van der Waals surface area contributed by atoms with Crippen molar-refractivity contribution >= 4 is 23.4 Å². The molecule has 0 spiro atoms. The van der Waals surface area contributed by atoms with Crippen LogP contribution in [-0.2, 0) is 16.1 Å². The van der Waals surface area contributed by atoms with E-state index in [-0.39, 0.29) is 17.3 Å². The van der Waals surface area contributed by atoms with E-state index in [9.17, 15) is 4.79 Å². The van der Waals surface area contributed by atoms with Gasteiger partial charge < -0.3 is 14.6 Å². The van der Waals surface area contributed by atoms with Crippen LogP contribution in [0.2, 0.25) is 0 Å². The highest BCUT2D eigenvalue weighted by molar-refractivity contribution is 8.00. The summed E-state index contributed by atoms with van der Waals surface area (Å²) in [6, 6.07) is 18.3. The molecule has 1 N–H and O–H groups in total. The van der Waals surface area contributed by atoms with Crippen molar-refractivity contribution in [1.82, 2.24) is 9.55 Å². The van der Waals surface area contributed by atoms with E-state index in [2.05, 4.69) is 41.9 Å². The molecule has 168 valence electrons. The number of aromatic nitrogens is 2. The van der Waals surface area contributed by atoms with Crippen LogP contribution in [0.15, 0.2) is 66.0 Å². The normalized spacial score (nSPS) is 16.9. The number of para-hydroxylation sites is 1. The van der Waals surface area contributed by atoms with Crippen molar-refractivity contribution in [1.29, 1.82) is 0 Å². The molecule has 3 aromatic rings. The minimum atomic E-state index is -0.288. The number of benzene rings is 2. The Hall–Kier alpha value is -2.57. The smallest absolute Gasteiger partial charge is 0.237 e. The van der Waals surface area contributed by atoms with Crippen molar-refractivity contribution in [3.8, 4) is 11.3 Å². The van der Waals surface area contributed by atoms with Crippen LogP contribution >= 0.6 is 11.8 Å². The van der Waals surface area contributed by atoms with Gasteiger partial charge in [0.25, 0.3) is 0 Å². The Morgan fingerprint density at radius 3 is 2.62 bits per heavy atom.